The SMILES string of the molecule is O=C(COC(=O)c1cc(F)cc(F)c1)N[C@@H]1CCS(=O)(=O)C1. The zero-order valence-electron chi connectivity index (χ0n) is 11.3. The Kier molecular flexibility index (Phi) is 4.74. The smallest absolute Gasteiger partial charge is 0.338 e. The molecular weight excluding hydrogens is 320 g/mol. The summed E-state index contributed by atoms with van der Waals surface area (Å²) in [7, 11) is -3.13. The summed E-state index contributed by atoms with van der Waals surface area (Å²) in [5.74, 6) is -3.75. The number of amides is 1. The fourth-order valence-corrected chi connectivity index (χ4v) is 3.74. The van der Waals surface area contributed by atoms with E-state index in [-0.39, 0.29) is 17.1 Å². The highest BCUT2D eigenvalue weighted by Crippen LogP contribution is 2.11. The Bertz CT molecular complexity index is 684. The number of nitrogens with one attached hydrogen (secondary N) is 1. The minimum atomic E-state index is -3.13. The number of carbonyl (C=O) groups excluding carboxylic acids is 2. The van der Waals surface area contributed by atoms with Crippen molar-refractivity contribution < 1.29 is 31.5 Å². The van der Waals surface area contributed by atoms with E-state index in [0.29, 0.717) is 12.5 Å². The van der Waals surface area contributed by atoms with Crippen LogP contribution >= 0.6 is 0 Å². The summed E-state index contributed by atoms with van der Waals surface area (Å²) in [5.41, 5.74) is -0.353. The van der Waals surface area contributed by atoms with Gasteiger partial charge in [0.1, 0.15) is 11.6 Å². The Morgan fingerprint density at radius 2 is 1.86 bits per heavy atom. The molecule has 1 aromatic carbocycles. The van der Waals surface area contributed by atoms with Gasteiger partial charge in [-0.15, -0.1) is 0 Å². The van der Waals surface area contributed by atoms with Gasteiger partial charge in [-0.1, -0.05) is 0 Å². The van der Waals surface area contributed by atoms with Gasteiger partial charge in [-0.25, -0.2) is 22.0 Å². The first-order valence-corrected chi connectivity index (χ1v) is 8.20. The second-order valence-electron chi connectivity index (χ2n) is 4.90. The summed E-state index contributed by atoms with van der Waals surface area (Å²) in [6.45, 7) is -0.659. The highest BCUT2D eigenvalue weighted by molar-refractivity contribution is 7.91. The average molecular weight is 333 g/mol. The zero-order valence-corrected chi connectivity index (χ0v) is 12.2. The lowest BCUT2D eigenvalue weighted by atomic mass is 10.2. The summed E-state index contributed by atoms with van der Waals surface area (Å²) in [6, 6.07) is 1.66. The van der Waals surface area contributed by atoms with E-state index in [1.54, 1.807) is 0 Å². The zero-order chi connectivity index (χ0) is 16.3. The topological polar surface area (TPSA) is 89.5 Å². The number of sulfone groups is 1. The van der Waals surface area contributed by atoms with Crippen molar-refractivity contribution in [3.63, 3.8) is 0 Å². The number of benzene rings is 1. The van der Waals surface area contributed by atoms with Crippen molar-refractivity contribution >= 4 is 21.7 Å². The number of esters is 1. The van der Waals surface area contributed by atoms with Crippen molar-refractivity contribution in [3.05, 3.63) is 35.4 Å². The second-order valence-corrected chi connectivity index (χ2v) is 7.13. The molecule has 1 aromatic rings. The molecule has 1 atom stereocenters. The average Bonchev–Trinajstić information content (AvgIpc) is 2.74. The maximum atomic E-state index is 12.9. The summed E-state index contributed by atoms with van der Waals surface area (Å²) < 4.78 is 53.0. The molecule has 1 aliphatic heterocycles. The van der Waals surface area contributed by atoms with Crippen molar-refractivity contribution in [2.45, 2.75) is 12.5 Å². The van der Waals surface area contributed by atoms with Crippen molar-refractivity contribution in [1.29, 1.82) is 0 Å². The van der Waals surface area contributed by atoms with Crippen molar-refractivity contribution in [3.8, 4) is 0 Å². The molecule has 0 saturated carbocycles. The molecule has 0 bridgehead atoms. The van der Waals surface area contributed by atoms with Gasteiger partial charge in [0.25, 0.3) is 5.91 Å². The molecule has 1 N–H and O–H groups in total. The highest BCUT2D eigenvalue weighted by atomic mass is 32.2. The number of hydrogen-bond acceptors (Lipinski definition) is 5. The van der Waals surface area contributed by atoms with Crippen molar-refractivity contribution in [1.82, 2.24) is 5.32 Å². The third-order valence-corrected chi connectivity index (χ3v) is 4.80. The van der Waals surface area contributed by atoms with Gasteiger partial charge in [0.05, 0.1) is 17.1 Å². The van der Waals surface area contributed by atoms with Crippen LogP contribution in [0.2, 0.25) is 0 Å². The maximum Gasteiger partial charge on any atom is 0.338 e. The van der Waals surface area contributed by atoms with Gasteiger partial charge >= 0.3 is 5.97 Å². The van der Waals surface area contributed by atoms with E-state index in [1.165, 1.54) is 0 Å². The van der Waals surface area contributed by atoms with Gasteiger partial charge in [-0.3, -0.25) is 4.79 Å². The summed E-state index contributed by atoms with van der Waals surface area (Å²) in [5, 5.41) is 2.42. The number of hydrogen-bond donors (Lipinski definition) is 1. The second kappa shape index (κ2) is 6.39. The molecule has 6 nitrogen and oxygen atoms in total. The number of ether oxygens (including phenoxy) is 1. The molecule has 1 amide bonds. The van der Waals surface area contributed by atoms with E-state index in [2.05, 4.69) is 10.1 Å². The molecular formula is C13H13F2NO5S. The molecule has 1 aliphatic rings. The Balaban J connectivity index is 1.84. The molecule has 0 aromatic heterocycles. The highest BCUT2D eigenvalue weighted by Gasteiger charge is 2.29. The van der Waals surface area contributed by atoms with Crippen LogP contribution in [0.15, 0.2) is 18.2 Å². The van der Waals surface area contributed by atoms with Crippen LogP contribution in [0.4, 0.5) is 8.78 Å². The van der Waals surface area contributed by atoms with Crippen LogP contribution in [0.3, 0.4) is 0 Å². The maximum absolute atomic E-state index is 12.9. The minimum Gasteiger partial charge on any atom is -0.452 e. The first kappa shape index (κ1) is 16.3. The fourth-order valence-electron chi connectivity index (χ4n) is 2.06. The molecule has 0 spiro atoms. The van der Waals surface area contributed by atoms with Gasteiger partial charge < -0.3 is 10.1 Å². The Morgan fingerprint density at radius 3 is 2.41 bits per heavy atom. The molecule has 9 heteroatoms. The van der Waals surface area contributed by atoms with Crippen LogP contribution in [0.5, 0.6) is 0 Å². The Morgan fingerprint density at radius 1 is 1.23 bits per heavy atom. The predicted molar refractivity (Wildman–Crippen MR) is 71.8 cm³/mol. The van der Waals surface area contributed by atoms with Crippen LogP contribution in [0.25, 0.3) is 0 Å². The Hall–Kier alpha value is -2.03. The Labute approximate surface area is 125 Å². The van der Waals surface area contributed by atoms with Crippen molar-refractivity contribution in [2.24, 2.45) is 0 Å². The predicted octanol–water partition coefficient (Wildman–Crippen LogP) is 0.425. The quantitative estimate of drug-likeness (QED) is 0.807. The van der Waals surface area contributed by atoms with Gasteiger partial charge in [-0.2, -0.15) is 0 Å². The standard InChI is InChI=1S/C13H13F2NO5S/c14-9-3-8(4-10(15)5-9)13(18)21-6-12(17)16-11-1-2-22(19,20)7-11/h3-5,11H,1-2,6-7H2,(H,16,17)/t11-/m1/s1. The number of halogens is 2. The lowest BCUT2D eigenvalue weighted by molar-refractivity contribution is -0.124. The van der Waals surface area contributed by atoms with Gasteiger partial charge in [0, 0.05) is 12.1 Å². The molecule has 120 valence electrons. The third kappa shape index (κ3) is 4.48. The lowest BCUT2D eigenvalue weighted by Crippen LogP contribution is -2.38. The van der Waals surface area contributed by atoms with Crippen LogP contribution in [-0.4, -0.2) is 44.4 Å². The molecule has 1 fully saturated rings. The van der Waals surface area contributed by atoms with Crippen LogP contribution in [0, 0.1) is 11.6 Å². The summed E-state index contributed by atoms with van der Waals surface area (Å²) in [4.78, 5) is 23.1. The van der Waals surface area contributed by atoms with Crippen LogP contribution < -0.4 is 5.32 Å². The van der Waals surface area contributed by atoms with E-state index in [4.69, 9.17) is 0 Å². The van der Waals surface area contributed by atoms with E-state index in [0.717, 1.165) is 12.1 Å². The normalized spacial score (nSPS) is 19.6. The molecule has 22 heavy (non-hydrogen) atoms. The minimum absolute atomic E-state index is 0.000301. The van der Waals surface area contributed by atoms with Crippen molar-refractivity contribution in [2.75, 3.05) is 18.1 Å². The fraction of sp³-hybridized carbons (Fsp3) is 0.385. The van der Waals surface area contributed by atoms with Gasteiger partial charge in [-0.05, 0) is 18.6 Å². The van der Waals surface area contributed by atoms with Gasteiger partial charge in [0.15, 0.2) is 16.4 Å². The molecule has 0 radical (unpaired) electrons. The lowest BCUT2D eigenvalue weighted by Gasteiger charge is -2.11. The first-order chi connectivity index (χ1) is 10.2. The largest absolute Gasteiger partial charge is 0.452 e. The summed E-state index contributed by atoms with van der Waals surface area (Å²) in [6.07, 6.45) is 0.303. The van der Waals surface area contributed by atoms with E-state index in [9.17, 15) is 26.8 Å². The third-order valence-electron chi connectivity index (χ3n) is 3.03. The molecule has 2 rings (SSSR count). The molecule has 1 heterocycles. The van der Waals surface area contributed by atoms with E-state index < -0.39 is 46.0 Å². The molecule has 1 saturated heterocycles. The van der Waals surface area contributed by atoms with Crippen LogP contribution in [-0.2, 0) is 19.4 Å². The number of carbonyl (C=O) groups is 2. The molecule has 0 aliphatic carbocycles. The summed E-state index contributed by atoms with van der Waals surface area (Å²) >= 11 is 0. The first-order valence-electron chi connectivity index (χ1n) is 6.38. The number of rotatable bonds is 4. The van der Waals surface area contributed by atoms with Gasteiger partial charge in [0.2, 0.25) is 0 Å². The van der Waals surface area contributed by atoms with E-state index >= 15 is 0 Å². The molecule has 0 unspecified atom stereocenters. The monoisotopic (exact) mass is 333 g/mol. The van der Waals surface area contributed by atoms with E-state index in [1.807, 2.05) is 0 Å². The van der Waals surface area contributed by atoms with Crippen LogP contribution in [0.1, 0.15) is 16.8 Å².